The largest absolute Gasteiger partial charge is 0.336 e. The number of piperidine rings is 1. The number of amides is 2. The van der Waals surface area contributed by atoms with Crippen molar-refractivity contribution in [1.82, 2.24) is 14.8 Å². The highest BCUT2D eigenvalue weighted by molar-refractivity contribution is 7.07. The zero-order valence-corrected chi connectivity index (χ0v) is 16.0. The van der Waals surface area contributed by atoms with Crippen LogP contribution in [0.2, 0.25) is 0 Å². The van der Waals surface area contributed by atoms with E-state index in [1.54, 1.807) is 16.8 Å². The molecule has 0 aliphatic carbocycles. The fourth-order valence-corrected chi connectivity index (χ4v) is 4.51. The summed E-state index contributed by atoms with van der Waals surface area (Å²) < 4.78 is 0. The third-order valence-electron chi connectivity index (χ3n) is 5.65. The lowest BCUT2D eigenvalue weighted by Crippen LogP contribution is -2.47. The van der Waals surface area contributed by atoms with Gasteiger partial charge in [0.2, 0.25) is 5.91 Å². The number of hydrogen-bond donors (Lipinski definition) is 0. The number of thiazole rings is 1. The van der Waals surface area contributed by atoms with Gasteiger partial charge in [0.15, 0.2) is 0 Å². The minimum atomic E-state index is -0.0946. The van der Waals surface area contributed by atoms with Crippen molar-refractivity contribution >= 4 is 23.2 Å². The molecule has 1 aromatic carbocycles. The smallest absolute Gasteiger partial charge is 0.253 e. The summed E-state index contributed by atoms with van der Waals surface area (Å²) in [5.74, 6) is 0.112. The Hall–Kier alpha value is -2.21. The van der Waals surface area contributed by atoms with Crippen molar-refractivity contribution in [1.29, 1.82) is 0 Å². The number of fused-ring (bicyclic) bond motifs is 4. The molecule has 2 amide bonds. The van der Waals surface area contributed by atoms with Crippen molar-refractivity contribution in [3.8, 4) is 0 Å². The molecule has 0 N–H and O–H groups in total. The fourth-order valence-electron chi connectivity index (χ4n) is 3.96. The Balaban J connectivity index is 1.56. The first-order valence-electron chi connectivity index (χ1n) is 9.07. The summed E-state index contributed by atoms with van der Waals surface area (Å²) in [5.41, 5.74) is 5.75. The first-order valence-corrected chi connectivity index (χ1v) is 10.0. The Morgan fingerprint density at radius 1 is 1.23 bits per heavy atom. The van der Waals surface area contributed by atoms with Crippen LogP contribution in [0.1, 0.15) is 40.0 Å². The molecule has 2 bridgehead atoms. The molecular weight excluding hydrogens is 346 g/mol. The topological polar surface area (TPSA) is 53.5 Å². The summed E-state index contributed by atoms with van der Waals surface area (Å²) in [6.45, 7) is 5.75. The molecule has 0 unspecified atom stereocenters. The van der Waals surface area contributed by atoms with Crippen molar-refractivity contribution in [3.63, 3.8) is 0 Å². The van der Waals surface area contributed by atoms with E-state index in [-0.39, 0.29) is 23.8 Å². The summed E-state index contributed by atoms with van der Waals surface area (Å²) in [6, 6.07) is 5.93. The van der Waals surface area contributed by atoms with Crippen LogP contribution in [0, 0.1) is 19.8 Å². The van der Waals surface area contributed by atoms with E-state index in [4.69, 9.17) is 0 Å². The molecule has 26 heavy (non-hydrogen) atoms. The molecule has 3 aliphatic heterocycles. The molecular formula is C20H23N3O2S. The standard InChI is InChI=1S/C20H23N3O2S/c1-13-3-4-15(7-14(13)2)19(24)22-8-16-5-6-18(10-22)23(20(16)25)9-17-11-26-12-21-17/h3-4,7,11-12,16,18H,5-6,8-10H2,1-2H3/t16-,18+/m0/s1. The van der Waals surface area contributed by atoms with Crippen molar-refractivity contribution in [2.45, 2.75) is 39.3 Å². The molecule has 3 saturated heterocycles. The molecule has 1 aromatic heterocycles. The van der Waals surface area contributed by atoms with Crippen LogP contribution in [0.15, 0.2) is 29.1 Å². The molecule has 2 aromatic rings. The van der Waals surface area contributed by atoms with Crippen LogP contribution in [0.4, 0.5) is 0 Å². The molecule has 6 heteroatoms. The van der Waals surface area contributed by atoms with Gasteiger partial charge in [0.05, 0.1) is 23.7 Å². The number of hydrogen-bond acceptors (Lipinski definition) is 4. The lowest BCUT2D eigenvalue weighted by Gasteiger charge is -2.35. The predicted octanol–water partition coefficient (Wildman–Crippen LogP) is 3.02. The van der Waals surface area contributed by atoms with E-state index in [2.05, 4.69) is 4.98 Å². The van der Waals surface area contributed by atoms with Crippen molar-refractivity contribution < 1.29 is 9.59 Å². The number of rotatable bonds is 3. The van der Waals surface area contributed by atoms with Crippen molar-refractivity contribution in [2.24, 2.45) is 5.92 Å². The number of nitrogens with zero attached hydrogens (tertiary/aromatic N) is 3. The summed E-state index contributed by atoms with van der Waals surface area (Å²) in [7, 11) is 0. The molecule has 2 atom stereocenters. The lowest BCUT2D eigenvalue weighted by atomic mass is 9.94. The zero-order valence-electron chi connectivity index (χ0n) is 15.1. The fraction of sp³-hybridized carbons (Fsp3) is 0.450. The second kappa shape index (κ2) is 6.83. The molecule has 0 radical (unpaired) electrons. The Kier molecular flexibility index (Phi) is 4.53. The average molecular weight is 369 g/mol. The SMILES string of the molecule is Cc1ccc(C(=O)N2C[C@@H]3CC[C@H](C2)N(Cc2cscn2)C3=O)cc1C. The van der Waals surface area contributed by atoms with E-state index < -0.39 is 0 Å². The minimum absolute atomic E-state index is 0.0355. The van der Waals surface area contributed by atoms with E-state index in [1.165, 1.54) is 5.56 Å². The van der Waals surface area contributed by atoms with Crippen LogP contribution in [0.3, 0.4) is 0 Å². The summed E-state index contributed by atoms with van der Waals surface area (Å²) >= 11 is 1.55. The second-order valence-corrected chi connectivity index (χ2v) is 8.10. The van der Waals surface area contributed by atoms with E-state index in [0.29, 0.717) is 25.2 Å². The number of carbonyl (C=O) groups is 2. The molecule has 0 spiro atoms. The van der Waals surface area contributed by atoms with Crippen LogP contribution in [0.5, 0.6) is 0 Å². The highest BCUT2D eigenvalue weighted by Gasteiger charge is 2.42. The number of carbonyl (C=O) groups excluding carboxylic acids is 2. The van der Waals surface area contributed by atoms with Crippen LogP contribution < -0.4 is 0 Å². The summed E-state index contributed by atoms with van der Waals surface area (Å²) in [5, 5.41) is 1.99. The highest BCUT2D eigenvalue weighted by Crippen LogP contribution is 2.31. The second-order valence-electron chi connectivity index (χ2n) is 7.38. The number of benzene rings is 1. The zero-order chi connectivity index (χ0) is 18.3. The van der Waals surface area contributed by atoms with E-state index >= 15 is 0 Å². The molecule has 3 fully saturated rings. The van der Waals surface area contributed by atoms with Gasteiger partial charge < -0.3 is 9.80 Å². The maximum Gasteiger partial charge on any atom is 0.253 e. The minimum Gasteiger partial charge on any atom is -0.336 e. The number of aryl methyl sites for hydroxylation is 2. The van der Waals surface area contributed by atoms with Crippen LogP contribution in [0.25, 0.3) is 0 Å². The third-order valence-corrected chi connectivity index (χ3v) is 6.29. The van der Waals surface area contributed by atoms with Crippen LogP contribution in [-0.2, 0) is 11.3 Å². The van der Waals surface area contributed by atoms with Gasteiger partial charge in [0.25, 0.3) is 5.91 Å². The normalized spacial score (nSPS) is 22.6. The molecule has 4 heterocycles. The van der Waals surface area contributed by atoms with E-state index in [9.17, 15) is 9.59 Å². The molecule has 3 aliphatic rings. The number of aromatic nitrogens is 1. The molecule has 0 saturated carbocycles. The van der Waals surface area contributed by atoms with Gasteiger partial charge in [-0.15, -0.1) is 11.3 Å². The molecule has 5 rings (SSSR count). The third kappa shape index (κ3) is 3.14. The van der Waals surface area contributed by atoms with Gasteiger partial charge in [0.1, 0.15) is 0 Å². The highest BCUT2D eigenvalue weighted by atomic mass is 32.1. The quantitative estimate of drug-likeness (QED) is 0.836. The first kappa shape index (κ1) is 17.2. The van der Waals surface area contributed by atoms with Gasteiger partial charge in [-0.25, -0.2) is 4.98 Å². The average Bonchev–Trinajstić information content (AvgIpc) is 3.00. The van der Waals surface area contributed by atoms with E-state index in [1.807, 2.05) is 47.2 Å². The van der Waals surface area contributed by atoms with Gasteiger partial charge in [-0.3, -0.25) is 9.59 Å². The Bertz CT molecular complexity index is 834. The Morgan fingerprint density at radius 3 is 2.81 bits per heavy atom. The van der Waals surface area contributed by atoms with Crippen LogP contribution >= 0.6 is 11.3 Å². The van der Waals surface area contributed by atoms with Gasteiger partial charge >= 0.3 is 0 Å². The van der Waals surface area contributed by atoms with E-state index in [0.717, 1.165) is 24.1 Å². The Labute approximate surface area is 157 Å². The van der Waals surface area contributed by atoms with Gasteiger partial charge in [0, 0.05) is 30.1 Å². The maximum atomic E-state index is 13.1. The van der Waals surface area contributed by atoms with Crippen molar-refractivity contribution in [2.75, 3.05) is 13.1 Å². The summed E-state index contributed by atoms with van der Waals surface area (Å²) in [6.07, 6.45) is 1.82. The van der Waals surface area contributed by atoms with Gasteiger partial charge in [-0.05, 0) is 49.9 Å². The lowest BCUT2D eigenvalue weighted by molar-refractivity contribution is -0.140. The first-order chi connectivity index (χ1) is 12.5. The summed E-state index contributed by atoms with van der Waals surface area (Å²) in [4.78, 5) is 34.1. The van der Waals surface area contributed by atoms with Gasteiger partial charge in [-0.1, -0.05) is 6.07 Å². The monoisotopic (exact) mass is 369 g/mol. The predicted molar refractivity (Wildman–Crippen MR) is 101 cm³/mol. The van der Waals surface area contributed by atoms with Gasteiger partial charge in [-0.2, -0.15) is 0 Å². The molecule has 5 nitrogen and oxygen atoms in total. The Morgan fingerprint density at radius 2 is 2.08 bits per heavy atom. The van der Waals surface area contributed by atoms with Crippen molar-refractivity contribution in [3.05, 3.63) is 51.5 Å². The molecule has 136 valence electrons. The van der Waals surface area contributed by atoms with Crippen LogP contribution in [-0.4, -0.2) is 45.7 Å². The maximum absolute atomic E-state index is 13.1.